The molecule has 1 aromatic carbocycles. The fourth-order valence-corrected chi connectivity index (χ4v) is 2.34. The Morgan fingerprint density at radius 1 is 1.39 bits per heavy atom. The minimum Gasteiger partial charge on any atom is -0.369 e. The van der Waals surface area contributed by atoms with Gasteiger partial charge in [-0.2, -0.15) is 0 Å². The van der Waals surface area contributed by atoms with E-state index in [2.05, 4.69) is 26.1 Å². The molecule has 2 aromatic rings. The van der Waals surface area contributed by atoms with Gasteiger partial charge in [-0.05, 0) is 12.1 Å². The van der Waals surface area contributed by atoms with Crippen LogP contribution in [0.25, 0.3) is 11.4 Å². The molecule has 0 fully saturated rings. The highest BCUT2D eigenvalue weighted by Crippen LogP contribution is 2.23. The van der Waals surface area contributed by atoms with Crippen LogP contribution in [0.15, 0.2) is 33.9 Å². The lowest BCUT2D eigenvalue weighted by molar-refractivity contribution is -0.115. The van der Waals surface area contributed by atoms with Gasteiger partial charge in [-0.3, -0.25) is 4.79 Å². The number of primary amides is 1. The molecule has 0 radical (unpaired) electrons. The Labute approximate surface area is 117 Å². The van der Waals surface area contributed by atoms with Crippen LogP contribution >= 0.6 is 27.7 Å². The molecule has 2 rings (SSSR count). The Hall–Kier alpha value is -1.34. The van der Waals surface area contributed by atoms with Crippen molar-refractivity contribution in [1.82, 2.24) is 14.8 Å². The van der Waals surface area contributed by atoms with Crippen LogP contribution in [0.3, 0.4) is 0 Å². The molecule has 0 bridgehead atoms. The largest absolute Gasteiger partial charge is 0.369 e. The molecule has 1 heterocycles. The molecule has 94 valence electrons. The van der Waals surface area contributed by atoms with Gasteiger partial charge in [-0.25, -0.2) is 0 Å². The summed E-state index contributed by atoms with van der Waals surface area (Å²) in [4.78, 5) is 10.7. The Morgan fingerprint density at radius 2 is 2.06 bits per heavy atom. The molecule has 0 spiro atoms. The van der Waals surface area contributed by atoms with Crippen molar-refractivity contribution in [3.05, 3.63) is 28.7 Å². The smallest absolute Gasteiger partial charge is 0.227 e. The van der Waals surface area contributed by atoms with Gasteiger partial charge >= 0.3 is 0 Å². The van der Waals surface area contributed by atoms with Crippen molar-refractivity contribution in [2.75, 3.05) is 5.75 Å². The van der Waals surface area contributed by atoms with Gasteiger partial charge in [0.25, 0.3) is 0 Å². The number of rotatable bonds is 4. The summed E-state index contributed by atoms with van der Waals surface area (Å²) >= 11 is 4.66. The first kappa shape index (κ1) is 13.1. The fraction of sp³-hybridized carbons (Fsp3) is 0.182. The zero-order chi connectivity index (χ0) is 13.1. The summed E-state index contributed by atoms with van der Waals surface area (Å²) in [6.07, 6.45) is 0. The van der Waals surface area contributed by atoms with E-state index >= 15 is 0 Å². The number of nitrogens with zero attached hydrogens (tertiary/aromatic N) is 3. The van der Waals surface area contributed by atoms with Crippen molar-refractivity contribution in [3.63, 3.8) is 0 Å². The third-order valence-electron chi connectivity index (χ3n) is 2.28. The molecule has 0 aliphatic carbocycles. The standard InChI is InChI=1S/C11H11BrN4OS/c1-16-10(7-2-4-8(12)5-3-7)14-15-11(16)18-6-9(13)17/h2-5H,6H2,1H3,(H2,13,17). The molecule has 0 unspecified atom stereocenters. The number of benzene rings is 1. The molecule has 18 heavy (non-hydrogen) atoms. The lowest BCUT2D eigenvalue weighted by Crippen LogP contribution is -2.13. The summed E-state index contributed by atoms with van der Waals surface area (Å²) in [6, 6.07) is 7.80. The molecule has 0 aliphatic heterocycles. The van der Waals surface area contributed by atoms with Crippen molar-refractivity contribution in [1.29, 1.82) is 0 Å². The van der Waals surface area contributed by atoms with Crippen molar-refractivity contribution in [2.24, 2.45) is 12.8 Å². The zero-order valence-corrected chi connectivity index (χ0v) is 12.0. The van der Waals surface area contributed by atoms with Gasteiger partial charge in [0.1, 0.15) is 0 Å². The van der Waals surface area contributed by atoms with E-state index in [4.69, 9.17) is 5.73 Å². The number of amides is 1. The number of hydrogen-bond donors (Lipinski definition) is 1. The minimum atomic E-state index is -0.367. The highest BCUT2D eigenvalue weighted by molar-refractivity contribution is 9.10. The predicted molar refractivity (Wildman–Crippen MR) is 74.1 cm³/mol. The average molecular weight is 327 g/mol. The van der Waals surface area contributed by atoms with Crippen LogP contribution in [0.2, 0.25) is 0 Å². The summed E-state index contributed by atoms with van der Waals surface area (Å²) in [5.74, 6) is 0.592. The van der Waals surface area contributed by atoms with Crippen LogP contribution < -0.4 is 5.73 Å². The number of hydrogen-bond acceptors (Lipinski definition) is 4. The maximum atomic E-state index is 10.7. The first-order valence-electron chi connectivity index (χ1n) is 5.14. The summed E-state index contributed by atoms with van der Waals surface area (Å²) < 4.78 is 2.85. The highest BCUT2D eigenvalue weighted by atomic mass is 79.9. The normalized spacial score (nSPS) is 10.6. The number of carbonyl (C=O) groups excluding carboxylic acids is 1. The topological polar surface area (TPSA) is 73.8 Å². The third-order valence-corrected chi connectivity index (χ3v) is 3.85. The summed E-state index contributed by atoms with van der Waals surface area (Å²) in [6.45, 7) is 0. The van der Waals surface area contributed by atoms with Crippen LogP contribution in [0.1, 0.15) is 0 Å². The molecule has 0 saturated heterocycles. The molecule has 0 saturated carbocycles. The van der Waals surface area contributed by atoms with Crippen molar-refractivity contribution in [2.45, 2.75) is 5.16 Å². The van der Waals surface area contributed by atoms with Crippen LogP contribution in [-0.2, 0) is 11.8 Å². The Kier molecular flexibility index (Phi) is 4.03. The fourth-order valence-electron chi connectivity index (χ4n) is 1.43. The van der Waals surface area contributed by atoms with Gasteiger partial charge in [-0.1, -0.05) is 39.8 Å². The van der Waals surface area contributed by atoms with Crippen molar-refractivity contribution >= 4 is 33.6 Å². The molecule has 1 aromatic heterocycles. The van der Waals surface area contributed by atoms with E-state index in [0.29, 0.717) is 5.16 Å². The second-order valence-corrected chi connectivity index (χ2v) is 5.49. The summed E-state index contributed by atoms with van der Waals surface area (Å²) in [5.41, 5.74) is 6.07. The van der Waals surface area contributed by atoms with Crippen LogP contribution in [0.4, 0.5) is 0 Å². The first-order chi connectivity index (χ1) is 8.58. The number of nitrogens with two attached hydrogens (primary N) is 1. The van der Waals surface area contributed by atoms with Gasteiger partial charge in [0, 0.05) is 17.1 Å². The van der Waals surface area contributed by atoms with E-state index in [-0.39, 0.29) is 11.7 Å². The molecule has 0 atom stereocenters. The van der Waals surface area contributed by atoms with E-state index in [9.17, 15) is 4.79 Å². The van der Waals surface area contributed by atoms with E-state index in [1.165, 1.54) is 11.8 Å². The number of aromatic nitrogens is 3. The minimum absolute atomic E-state index is 0.201. The molecule has 7 heteroatoms. The monoisotopic (exact) mass is 326 g/mol. The number of halogens is 1. The Balaban J connectivity index is 2.25. The van der Waals surface area contributed by atoms with E-state index in [1.807, 2.05) is 35.9 Å². The lowest BCUT2D eigenvalue weighted by atomic mass is 10.2. The molecular formula is C11H11BrN4OS. The second-order valence-electron chi connectivity index (χ2n) is 3.63. The SMILES string of the molecule is Cn1c(SCC(N)=O)nnc1-c1ccc(Br)cc1. The molecular weight excluding hydrogens is 316 g/mol. The molecule has 0 aliphatic rings. The average Bonchev–Trinajstić information content (AvgIpc) is 2.69. The summed E-state index contributed by atoms with van der Waals surface area (Å²) in [5, 5.41) is 8.83. The molecule has 5 nitrogen and oxygen atoms in total. The van der Waals surface area contributed by atoms with Crippen molar-refractivity contribution < 1.29 is 4.79 Å². The zero-order valence-electron chi connectivity index (χ0n) is 9.63. The van der Waals surface area contributed by atoms with Gasteiger partial charge in [0.15, 0.2) is 11.0 Å². The van der Waals surface area contributed by atoms with Crippen LogP contribution in [-0.4, -0.2) is 26.4 Å². The highest BCUT2D eigenvalue weighted by Gasteiger charge is 2.11. The maximum absolute atomic E-state index is 10.7. The molecule has 2 N–H and O–H groups in total. The number of thioether (sulfide) groups is 1. The third kappa shape index (κ3) is 2.91. The summed E-state index contributed by atoms with van der Waals surface area (Å²) in [7, 11) is 1.86. The quantitative estimate of drug-likeness (QED) is 0.870. The first-order valence-corrected chi connectivity index (χ1v) is 6.92. The lowest BCUT2D eigenvalue weighted by Gasteiger charge is -2.03. The van der Waals surface area contributed by atoms with Gasteiger partial charge in [-0.15, -0.1) is 10.2 Å². The van der Waals surface area contributed by atoms with E-state index < -0.39 is 0 Å². The van der Waals surface area contributed by atoms with Crippen molar-refractivity contribution in [3.8, 4) is 11.4 Å². The second kappa shape index (κ2) is 5.53. The maximum Gasteiger partial charge on any atom is 0.227 e. The van der Waals surface area contributed by atoms with Crippen LogP contribution in [0, 0.1) is 0 Å². The number of carbonyl (C=O) groups is 1. The van der Waals surface area contributed by atoms with Crippen LogP contribution in [0.5, 0.6) is 0 Å². The Bertz CT molecular complexity index is 567. The van der Waals surface area contributed by atoms with E-state index in [1.54, 1.807) is 0 Å². The van der Waals surface area contributed by atoms with Gasteiger partial charge in [0.2, 0.25) is 5.91 Å². The van der Waals surface area contributed by atoms with E-state index in [0.717, 1.165) is 15.9 Å². The van der Waals surface area contributed by atoms with Gasteiger partial charge in [0.05, 0.1) is 5.75 Å². The predicted octanol–water partition coefficient (Wildman–Crippen LogP) is 1.82. The van der Waals surface area contributed by atoms with Gasteiger partial charge < -0.3 is 10.3 Å². The Morgan fingerprint density at radius 3 is 2.67 bits per heavy atom. The molecule has 1 amide bonds.